The maximum Gasteiger partial charge on any atom is 0.330 e. The van der Waals surface area contributed by atoms with E-state index < -0.39 is 293 Å². The number of aromatic amines is 5. The van der Waals surface area contributed by atoms with Gasteiger partial charge in [0.05, 0.1) is 114 Å². The van der Waals surface area contributed by atoms with Crippen molar-refractivity contribution in [3.05, 3.63) is 156 Å². The molecular formula is C72H86N26O36P7S7-7. The van der Waals surface area contributed by atoms with Crippen molar-refractivity contribution in [1.82, 2.24) is 107 Å². The van der Waals surface area contributed by atoms with Gasteiger partial charge >= 0.3 is 17.1 Å². The number of aromatic nitrogens is 22. The number of hydrogen-bond acceptors (Lipinski definition) is 57. The number of nitrogens with two attached hydrogens (primary N) is 4. The number of ether oxygens (including phenoxy) is 7. The van der Waals surface area contributed by atoms with E-state index in [9.17, 15) is 62.5 Å². The van der Waals surface area contributed by atoms with E-state index in [0.29, 0.717) is 17.6 Å². The summed E-state index contributed by atoms with van der Waals surface area (Å²) >= 11 is 38.1. The van der Waals surface area contributed by atoms with Crippen LogP contribution in [-0.4, -0.2) is 239 Å². The van der Waals surface area contributed by atoms with Gasteiger partial charge in [-0.15, -0.1) is 0 Å². The third-order valence-electron chi connectivity index (χ3n) is 24.4. The first-order valence-electron chi connectivity index (χ1n) is 44.1. The van der Waals surface area contributed by atoms with Crippen molar-refractivity contribution in [3.8, 4) is 0 Å². The molecule has 11 aromatic heterocycles. The molecule has 0 radical (unpaired) electrons. The molecule has 148 heavy (non-hydrogen) atoms. The van der Waals surface area contributed by atoms with Crippen LogP contribution in [0.25, 0.3) is 44.7 Å². The number of aryl methyl sites for hydroxylation is 3. The lowest BCUT2D eigenvalue weighted by Crippen LogP contribution is -2.34. The van der Waals surface area contributed by atoms with Gasteiger partial charge in [-0.1, -0.05) is 77.8 Å². The lowest BCUT2D eigenvalue weighted by atomic mass is 10.1. The van der Waals surface area contributed by atoms with Crippen LogP contribution in [0.1, 0.15) is 119 Å². The fourth-order valence-corrected chi connectivity index (χ4v) is 27.1. The normalized spacial score (nSPS) is 29.3. The van der Waals surface area contributed by atoms with E-state index in [1.165, 1.54) is 66.0 Å². The summed E-state index contributed by atoms with van der Waals surface area (Å²) in [7, 11) is 1.05. The van der Waals surface area contributed by atoms with E-state index in [4.69, 9.17) is 203 Å². The van der Waals surface area contributed by atoms with Crippen LogP contribution in [0, 0.1) is 20.8 Å². The van der Waals surface area contributed by atoms with Gasteiger partial charge in [0.25, 0.3) is 27.8 Å². The number of anilines is 4. The topological polar surface area (TPSA) is 832 Å². The van der Waals surface area contributed by atoms with Crippen LogP contribution in [0.4, 0.5) is 23.5 Å². The van der Waals surface area contributed by atoms with Crippen molar-refractivity contribution in [1.29, 1.82) is 0 Å². The molecule has 0 saturated carbocycles. The second kappa shape index (κ2) is 44.0. The summed E-state index contributed by atoms with van der Waals surface area (Å²) in [5.74, 6) is -0.585. The molecule has 0 spiro atoms. The predicted octanol–water partition coefficient (Wildman–Crippen LogP) is -3.13. The molecule has 62 nitrogen and oxygen atoms in total. The first kappa shape index (κ1) is 110. The van der Waals surface area contributed by atoms with E-state index >= 15 is 9.79 Å². The van der Waals surface area contributed by atoms with Crippen LogP contribution in [0.2, 0.25) is 0 Å². The minimum absolute atomic E-state index is 0.00629. The summed E-state index contributed by atoms with van der Waals surface area (Å²) in [6.45, 7) is -33.0. The number of fused-ring (bicyclic) bond motifs is 4. The van der Waals surface area contributed by atoms with Gasteiger partial charge in [-0.2, -0.15) is 9.97 Å². The Bertz CT molecular complexity index is 7810. The zero-order valence-electron chi connectivity index (χ0n) is 76.8. The molecule has 7 saturated heterocycles. The maximum absolute atomic E-state index is 15.1. The number of imidazole rings is 4. The molecule has 804 valence electrons. The van der Waals surface area contributed by atoms with Gasteiger partial charge in [-0.05, 0) is 27.2 Å². The van der Waals surface area contributed by atoms with Crippen LogP contribution in [0.15, 0.2) is 94.9 Å². The Balaban J connectivity index is 0.564. The van der Waals surface area contributed by atoms with E-state index in [-0.39, 0.29) is 86.6 Å². The SMILES string of the molecule is CC[C@H]1O[C@@H](n2cnc3c(N)ncnc32)C[C@H]1OP([O-])(=S)OC[C@H]1O[C@@H](n2cc(C)c(=O)[nH]c2=O)C[C@H]1OP(=O)([S-])OC[C@H]1O[C@@H](n2cc(C)c(=O)[nH]c2=O)C[C@H]1OP([O-])(=S)OC[C@H]1O[C@@H](n2cnc3c(=O)[nH]c(N)nc32)C[C@H]1OP([O-])(=S)OC[C@H]1O[C@@H](n2cnc3c(=O)[nH]c(N)nc32)C[C@H]1OP([O-])(=S)OC[C@H]1O[C@@H](n2cc(C)c(=O)[nH]c2=O)C[C@H]1OP([O-])(=S)OC[C@H]1O[C@@H](n2cnc3c(N)ncnc32)C[C@H]1OP([O-])(=S)OC. The number of nitrogens with one attached hydrogen (secondary N) is 5. The Morgan fingerprint density at radius 2 is 0.601 bits per heavy atom. The molecule has 0 aromatic carbocycles. The van der Waals surface area contributed by atoms with Gasteiger partial charge in [0, 0.05) is 87.3 Å². The summed E-state index contributed by atoms with van der Waals surface area (Å²) in [4.78, 5) is 245. The first-order chi connectivity index (χ1) is 69.9. The Morgan fingerprint density at radius 3 is 0.892 bits per heavy atom. The van der Waals surface area contributed by atoms with Crippen LogP contribution < -0.4 is 97.2 Å². The highest BCUT2D eigenvalue weighted by Crippen LogP contribution is 2.57. The molecule has 13 N–H and O–H groups in total. The first-order valence-corrected chi connectivity index (χ1v) is 62.0. The van der Waals surface area contributed by atoms with Crippen LogP contribution in [0.3, 0.4) is 0 Å². The average Bonchev–Trinajstić information content (AvgIpc) is 1.62. The monoisotopic (exact) mass is 2330 g/mol. The molecule has 0 bridgehead atoms. The summed E-state index contributed by atoms with van der Waals surface area (Å²) in [6.07, 6.45) is -19.5. The molecule has 28 atom stereocenters. The smallest absolute Gasteiger partial charge is 0.330 e. The lowest BCUT2D eigenvalue weighted by Gasteiger charge is -2.36. The largest absolute Gasteiger partial charge is 0.780 e. The van der Waals surface area contributed by atoms with E-state index in [1.54, 1.807) is 11.5 Å². The molecule has 0 aliphatic carbocycles. The number of rotatable bonds is 41. The molecule has 7 aliphatic rings. The molecular weight excluding hydrogens is 2250 g/mol. The van der Waals surface area contributed by atoms with Gasteiger partial charge < -0.3 is 161 Å². The van der Waals surface area contributed by atoms with Crippen molar-refractivity contribution in [2.45, 2.75) is 208 Å². The third kappa shape index (κ3) is 24.8. The van der Waals surface area contributed by atoms with E-state index in [2.05, 4.69) is 74.8 Å². The van der Waals surface area contributed by atoms with E-state index in [1.807, 2.05) is 0 Å². The summed E-state index contributed by atoms with van der Waals surface area (Å²) in [6, 6.07) is 0. The number of nitrogen functional groups attached to an aromatic ring is 4. The van der Waals surface area contributed by atoms with Gasteiger partial charge in [0.2, 0.25) is 11.9 Å². The van der Waals surface area contributed by atoms with Gasteiger partial charge in [0.15, 0.2) is 52.1 Å². The Kier molecular flexibility index (Phi) is 32.8. The zero-order valence-corrected chi connectivity index (χ0v) is 88.8. The zero-order chi connectivity index (χ0) is 106. The average molecular weight is 2330 g/mol. The molecule has 7 fully saturated rings. The number of H-pyrrole nitrogens is 5. The molecule has 76 heteroatoms. The highest BCUT2D eigenvalue weighted by atomic mass is 32.7. The summed E-state index contributed by atoms with van der Waals surface area (Å²) in [5.41, 5.74) is 17.7. The van der Waals surface area contributed by atoms with Crippen molar-refractivity contribution >= 4 is 198 Å². The molecule has 18 heterocycles. The second-order valence-corrected chi connectivity index (χ2v) is 53.3. The molecule has 11 aromatic rings. The Morgan fingerprint density at radius 1 is 0.351 bits per heavy atom. The fraction of sp³-hybridized carbons (Fsp3) is 0.556. The quantitative estimate of drug-likeness (QED) is 0.0135. The standard InChI is InChI=1S/C72H93N26O36P7S7/c1-6-32-33(7-49(121-32)95-25-81-53-57(73)77-23-79-59(53)95)129-136(108,143)115-18-41-35(8-46(122-41)92-14-29(2)63(99)89-70(92)104)131-138(110,145)117-19-42-37(10-48(123-42)94-16-31(4)65(101)91-72(94)106)132-139(111,146)119-21-44-39(13-52(126-44)98-28-84-56-62(98)86-69(76)88-67(56)103)134-141(113,148)120-22-45-38(12-51(127-45)97-27-83-55-61(97)85-68(75)87-66(55)102)133-140(112,147)118-20-43-36(9-47(124-43)93-15-30(3)64(100)90-71(93)105)130-137(109,144)116-17-40-34(128-135(107,142)114-5)11-50(125-40)96-26-82-54-58(74)78-24-80-60(54)96/h14-16,23-28,32-52H,6-13,17-22H2,1-5H3,(H,107,142)(H,108,143)(H,109,144)(H,110,145)(H,111,146)(H,112,147)(H,113,148)(H2,73,77,79)(H2,74,78,80)(H,89,99,104)(H,90,100,105)(H,91,101,106)(H3,75,85,87,102)(H3,76,86,88,103)/p-7/t32-,33-,34-,35-,36-,37-,38-,39-,40-,41-,42-,43-,44-,45-,46-,47-,48-,49-,50-,51-,52-,135?,136?,137?,138?,139?,140?,141?/m1/s1. The highest BCUT2D eigenvalue weighted by Gasteiger charge is 2.50. The van der Waals surface area contributed by atoms with Crippen molar-refractivity contribution < 1.29 is 130 Å². The molecule has 18 rings (SSSR count). The maximum atomic E-state index is 15.1. The fourth-order valence-electron chi connectivity index (χ4n) is 17.4. The molecule has 0 amide bonds. The van der Waals surface area contributed by atoms with Gasteiger partial charge in [-0.3, -0.25) is 85.4 Å². The second-order valence-electron chi connectivity index (χ2n) is 34.2. The van der Waals surface area contributed by atoms with E-state index in [0.717, 1.165) is 45.9 Å². The lowest BCUT2D eigenvalue weighted by molar-refractivity contribution is -0.221. The van der Waals surface area contributed by atoms with Crippen molar-refractivity contribution in [2.75, 3.05) is 69.7 Å². The number of nitrogens with zero attached hydrogens (tertiary/aromatic N) is 17. The molecule has 7 unspecified atom stereocenters. The Hall–Kier alpha value is -7.56. The van der Waals surface area contributed by atoms with Crippen molar-refractivity contribution in [2.24, 2.45) is 0 Å². The van der Waals surface area contributed by atoms with Crippen LogP contribution in [-0.2, 0) is 184 Å². The summed E-state index contributed by atoms with van der Waals surface area (Å²) in [5, 5.41) is 0. The minimum Gasteiger partial charge on any atom is -0.780 e. The van der Waals surface area contributed by atoms with Crippen molar-refractivity contribution in [3.63, 3.8) is 0 Å². The predicted molar refractivity (Wildman–Crippen MR) is 520 cm³/mol. The minimum atomic E-state index is -5.09. The Labute approximate surface area is 864 Å². The summed E-state index contributed by atoms with van der Waals surface area (Å²) < 4.78 is 149. The van der Waals surface area contributed by atoms with Crippen LogP contribution in [0.5, 0.6) is 0 Å². The highest BCUT2D eigenvalue weighted by molar-refractivity contribution is 8.32. The van der Waals surface area contributed by atoms with Gasteiger partial charge in [0.1, 0.15) is 144 Å². The number of hydrogen-bond donors (Lipinski definition) is 9. The third-order valence-corrected chi connectivity index (χ3v) is 35.5. The van der Waals surface area contributed by atoms with Gasteiger partial charge in [-0.25, -0.2) is 54.3 Å². The van der Waals surface area contributed by atoms with Crippen LogP contribution >= 0.6 is 47.1 Å². The molecule has 7 aliphatic heterocycles.